The molecule has 1 fully saturated rings. The van der Waals surface area contributed by atoms with Crippen LogP contribution in [0.2, 0.25) is 0 Å². The van der Waals surface area contributed by atoms with Crippen LogP contribution in [0.1, 0.15) is 25.8 Å². The molecule has 0 bridgehead atoms. The standard InChI is InChI=1S/C17H24F3N3O3S/c1-3-7-21-16(24)13(2)22-8-10-23(11-9-22)27(25,26)15-6-4-5-14(12-15)17(18,19)20/h4-6,12-13H,3,7-11H2,1-2H3,(H,21,24)/t13-/m0/s1. The maximum Gasteiger partial charge on any atom is 0.416 e. The third-order valence-electron chi connectivity index (χ3n) is 4.55. The first-order valence-electron chi connectivity index (χ1n) is 8.76. The molecule has 27 heavy (non-hydrogen) atoms. The highest BCUT2D eigenvalue weighted by atomic mass is 32.2. The molecule has 1 amide bonds. The van der Waals surface area contributed by atoms with Crippen molar-refractivity contribution in [1.82, 2.24) is 14.5 Å². The van der Waals surface area contributed by atoms with Crippen molar-refractivity contribution < 1.29 is 26.4 Å². The fourth-order valence-corrected chi connectivity index (χ4v) is 4.34. The largest absolute Gasteiger partial charge is 0.416 e. The van der Waals surface area contributed by atoms with E-state index in [4.69, 9.17) is 0 Å². The highest BCUT2D eigenvalue weighted by Crippen LogP contribution is 2.31. The number of piperazine rings is 1. The molecule has 0 aromatic heterocycles. The second-order valence-electron chi connectivity index (χ2n) is 6.43. The van der Waals surface area contributed by atoms with E-state index in [-0.39, 0.29) is 23.9 Å². The third kappa shape index (κ3) is 5.20. The molecule has 6 nitrogen and oxygen atoms in total. The number of rotatable bonds is 6. The fraction of sp³-hybridized carbons (Fsp3) is 0.588. The second kappa shape index (κ2) is 8.57. The van der Waals surface area contributed by atoms with E-state index in [0.717, 1.165) is 28.9 Å². The Morgan fingerprint density at radius 3 is 2.41 bits per heavy atom. The molecule has 2 rings (SSSR count). The number of amides is 1. The van der Waals surface area contributed by atoms with Crippen LogP contribution in [0.5, 0.6) is 0 Å². The van der Waals surface area contributed by atoms with Gasteiger partial charge >= 0.3 is 6.18 Å². The molecule has 1 aliphatic rings. The van der Waals surface area contributed by atoms with Crippen molar-refractivity contribution in [2.75, 3.05) is 32.7 Å². The zero-order valence-corrected chi connectivity index (χ0v) is 16.1. The smallest absolute Gasteiger partial charge is 0.355 e. The van der Waals surface area contributed by atoms with Crippen LogP contribution in [0.3, 0.4) is 0 Å². The zero-order chi connectivity index (χ0) is 20.2. The maximum atomic E-state index is 12.8. The molecule has 152 valence electrons. The van der Waals surface area contributed by atoms with Gasteiger partial charge in [0.15, 0.2) is 0 Å². The van der Waals surface area contributed by atoms with Crippen molar-refractivity contribution in [2.24, 2.45) is 0 Å². The molecule has 10 heteroatoms. The van der Waals surface area contributed by atoms with Gasteiger partial charge in [0.25, 0.3) is 0 Å². The summed E-state index contributed by atoms with van der Waals surface area (Å²) in [5, 5.41) is 2.80. The van der Waals surface area contributed by atoms with Crippen molar-refractivity contribution in [2.45, 2.75) is 37.4 Å². The summed E-state index contributed by atoms with van der Waals surface area (Å²) in [6.45, 7) is 5.17. The highest BCUT2D eigenvalue weighted by Gasteiger charge is 2.35. The molecule has 1 aromatic carbocycles. The first-order chi connectivity index (χ1) is 12.6. The number of halogens is 3. The number of carbonyl (C=O) groups is 1. The van der Waals surface area contributed by atoms with Crippen LogP contribution in [-0.4, -0.2) is 62.3 Å². The zero-order valence-electron chi connectivity index (χ0n) is 15.3. The quantitative estimate of drug-likeness (QED) is 0.782. The van der Waals surface area contributed by atoms with Crippen molar-refractivity contribution in [3.8, 4) is 0 Å². The van der Waals surface area contributed by atoms with E-state index in [1.54, 1.807) is 6.92 Å². The van der Waals surface area contributed by atoms with Gasteiger partial charge in [0.05, 0.1) is 16.5 Å². The van der Waals surface area contributed by atoms with Crippen LogP contribution in [0, 0.1) is 0 Å². The average molecular weight is 407 g/mol. The molecule has 1 aliphatic heterocycles. The number of carbonyl (C=O) groups excluding carboxylic acids is 1. The van der Waals surface area contributed by atoms with Crippen molar-refractivity contribution >= 4 is 15.9 Å². The summed E-state index contributed by atoms with van der Waals surface area (Å²) in [5.74, 6) is -0.119. The van der Waals surface area contributed by atoms with Gasteiger partial charge < -0.3 is 5.32 Å². The summed E-state index contributed by atoms with van der Waals surface area (Å²) in [5.41, 5.74) is -0.997. The minimum atomic E-state index is -4.61. The van der Waals surface area contributed by atoms with E-state index >= 15 is 0 Å². The lowest BCUT2D eigenvalue weighted by Crippen LogP contribution is -2.54. The molecule has 0 radical (unpaired) electrons. The highest BCUT2D eigenvalue weighted by molar-refractivity contribution is 7.89. The Morgan fingerprint density at radius 1 is 1.22 bits per heavy atom. The lowest BCUT2D eigenvalue weighted by atomic mass is 10.2. The summed E-state index contributed by atoms with van der Waals surface area (Å²) in [7, 11) is -4.02. The van der Waals surface area contributed by atoms with Gasteiger partial charge in [-0.3, -0.25) is 9.69 Å². The Kier molecular flexibility index (Phi) is 6.87. The Hall–Kier alpha value is -1.65. The lowest BCUT2D eigenvalue weighted by Gasteiger charge is -2.36. The molecule has 1 aromatic rings. The van der Waals surface area contributed by atoms with E-state index in [1.165, 1.54) is 0 Å². The van der Waals surface area contributed by atoms with E-state index in [0.29, 0.717) is 25.7 Å². The normalized spacial score (nSPS) is 18.3. The summed E-state index contributed by atoms with van der Waals surface area (Å²) in [6, 6.07) is 3.36. The topological polar surface area (TPSA) is 69.7 Å². The minimum absolute atomic E-state index is 0.115. The van der Waals surface area contributed by atoms with Crippen molar-refractivity contribution in [3.63, 3.8) is 0 Å². The van der Waals surface area contributed by atoms with Crippen LogP contribution >= 0.6 is 0 Å². The first-order valence-corrected chi connectivity index (χ1v) is 10.2. The van der Waals surface area contributed by atoms with Crippen LogP contribution in [0.4, 0.5) is 13.2 Å². The van der Waals surface area contributed by atoms with Crippen LogP contribution < -0.4 is 5.32 Å². The number of hydrogen-bond donors (Lipinski definition) is 1. The number of nitrogens with one attached hydrogen (secondary N) is 1. The van der Waals surface area contributed by atoms with E-state index < -0.39 is 27.8 Å². The van der Waals surface area contributed by atoms with E-state index in [1.807, 2.05) is 11.8 Å². The summed E-state index contributed by atoms with van der Waals surface area (Å²) in [4.78, 5) is 13.5. The predicted molar refractivity (Wildman–Crippen MR) is 94.5 cm³/mol. The second-order valence-corrected chi connectivity index (χ2v) is 8.37. The summed E-state index contributed by atoms with van der Waals surface area (Å²) >= 11 is 0. The maximum absolute atomic E-state index is 12.8. The van der Waals surface area contributed by atoms with Crippen molar-refractivity contribution in [1.29, 1.82) is 0 Å². The van der Waals surface area contributed by atoms with Crippen LogP contribution in [0.25, 0.3) is 0 Å². The van der Waals surface area contributed by atoms with Gasteiger partial charge in [0.1, 0.15) is 0 Å². The molecule has 1 N–H and O–H groups in total. The molecule has 0 unspecified atom stereocenters. The number of sulfonamides is 1. The minimum Gasteiger partial charge on any atom is -0.355 e. The predicted octanol–water partition coefficient (Wildman–Crippen LogP) is 1.93. The molecule has 1 saturated heterocycles. The van der Waals surface area contributed by atoms with Gasteiger partial charge in [-0.25, -0.2) is 8.42 Å². The number of nitrogens with zero attached hydrogens (tertiary/aromatic N) is 2. The SMILES string of the molecule is CCCNC(=O)[C@H](C)N1CCN(S(=O)(=O)c2cccc(C(F)(F)F)c2)CC1. The molecular formula is C17H24F3N3O3S. The molecular weight excluding hydrogens is 383 g/mol. The molecule has 1 heterocycles. The summed E-state index contributed by atoms with van der Waals surface area (Å²) < 4.78 is 65.1. The van der Waals surface area contributed by atoms with Crippen LogP contribution in [-0.2, 0) is 21.0 Å². The number of alkyl halides is 3. The summed E-state index contributed by atoms with van der Waals surface area (Å²) in [6.07, 6.45) is -3.78. The van der Waals surface area contributed by atoms with Gasteiger partial charge in [-0.2, -0.15) is 17.5 Å². The van der Waals surface area contributed by atoms with E-state index in [9.17, 15) is 26.4 Å². The fourth-order valence-electron chi connectivity index (χ4n) is 2.87. The van der Waals surface area contributed by atoms with E-state index in [2.05, 4.69) is 5.32 Å². The Bertz CT molecular complexity index is 760. The molecule has 0 spiro atoms. The Morgan fingerprint density at radius 2 is 1.85 bits per heavy atom. The number of hydrogen-bond acceptors (Lipinski definition) is 4. The third-order valence-corrected chi connectivity index (χ3v) is 6.44. The Balaban J connectivity index is 2.06. The van der Waals surface area contributed by atoms with Gasteiger partial charge in [-0.1, -0.05) is 13.0 Å². The monoisotopic (exact) mass is 407 g/mol. The first kappa shape index (κ1) is 21.6. The van der Waals surface area contributed by atoms with Gasteiger partial charge in [-0.05, 0) is 31.5 Å². The molecule has 0 saturated carbocycles. The van der Waals surface area contributed by atoms with Crippen molar-refractivity contribution in [3.05, 3.63) is 29.8 Å². The van der Waals surface area contributed by atoms with Gasteiger partial charge in [0, 0.05) is 32.7 Å². The number of benzene rings is 1. The molecule has 0 aliphatic carbocycles. The Labute approximate surface area is 157 Å². The lowest BCUT2D eigenvalue weighted by molar-refractivity contribution is -0.137. The average Bonchev–Trinajstić information content (AvgIpc) is 2.65. The molecule has 1 atom stereocenters. The van der Waals surface area contributed by atoms with Gasteiger partial charge in [-0.15, -0.1) is 0 Å². The van der Waals surface area contributed by atoms with Crippen LogP contribution in [0.15, 0.2) is 29.2 Å². The van der Waals surface area contributed by atoms with Gasteiger partial charge in [0.2, 0.25) is 15.9 Å².